The smallest absolute Gasteiger partial charge is 0.224 e. The molecular weight excluding hydrogens is 403 g/mol. The van der Waals surface area contributed by atoms with E-state index in [1.54, 1.807) is 11.3 Å². The number of anilines is 1. The molecule has 0 unspecified atom stereocenters. The Hall–Kier alpha value is -1.05. The molecule has 0 aliphatic carbocycles. The third-order valence-electron chi connectivity index (χ3n) is 3.57. The number of nitrogens with two attached hydrogens (primary N) is 1. The quantitative estimate of drug-likeness (QED) is 0.571. The Balaban J connectivity index is 0.00000156. The van der Waals surface area contributed by atoms with Crippen LogP contribution in [0.2, 0.25) is 5.28 Å². The lowest BCUT2D eigenvalue weighted by Gasteiger charge is -2.05. The summed E-state index contributed by atoms with van der Waals surface area (Å²) >= 11 is 7.76. The highest BCUT2D eigenvalue weighted by Crippen LogP contribution is 2.35. The number of aromatic nitrogens is 2. The van der Waals surface area contributed by atoms with Gasteiger partial charge in [0.05, 0.1) is 16.8 Å². The first kappa shape index (κ1) is 22.0. The summed E-state index contributed by atoms with van der Waals surface area (Å²) in [5.41, 5.74) is 7.96. The molecule has 0 fully saturated rings. The molecule has 0 amide bonds. The van der Waals surface area contributed by atoms with Gasteiger partial charge >= 0.3 is 0 Å². The van der Waals surface area contributed by atoms with Gasteiger partial charge in [0.15, 0.2) is 0 Å². The van der Waals surface area contributed by atoms with Gasteiger partial charge in [-0.2, -0.15) is 4.98 Å². The zero-order chi connectivity index (χ0) is 16.6. The van der Waals surface area contributed by atoms with Crippen LogP contribution in [0, 0.1) is 13.8 Å². The lowest BCUT2D eigenvalue weighted by molar-refractivity contribution is 0.490. The maximum Gasteiger partial charge on any atom is 0.224 e. The van der Waals surface area contributed by atoms with Crippen LogP contribution in [-0.4, -0.2) is 16.0 Å². The van der Waals surface area contributed by atoms with Crippen molar-refractivity contribution >= 4 is 63.8 Å². The van der Waals surface area contributed by atoms with Crippen molar-refractivity contribution in [1.82, 2.24) is 9.97 Å². The van der Waals surface area contributed by atoms with Crippen molar-refractivity contribution in [3.63, 3.8) is 0 Å². The molecule has 9 heteroatoms. The molecule has 0 aliphatic rings. The van der Waals surface area contributed by atoms with Crippen LogP contribution >= 0.6 is 47.8 Å². The second-order valence-electron chi connectivity index (χ2n) is 5.72. The molecule has 0 aliphatic heterocycles. The van der Waals surface area contributed by atoms with E-state index in [2.05, 4.69) is 22.2 Å². The van der Waals surface area contributed by atoms with Gasteiger partial charge in [-0.15, -0.1) is 36.2 Å². The summed E-state index contributed by atoms with van der Waals surface area (Å²) in [5, 5.41) is 3.54. The number of furan rings is 1. The van der Waals surface area contributed by atoms with E-state index in [0.717, 1.165) is 39.5 Å². The Labute approximate surface area is 168 Å². The minimum Gasteiger partial charge on any atom is -0.465 e. The largest absolute Gasteiger partial charge is 0.465 e. The van der Waals surface area contributed by atoms with Gasteiger partial charge in [-0.25, -0.2) is 4.98 Å². The van der Waals surface area contributed by atoms with Crippen LogP contribution in [0.1, 0.15) is 28.9 Å². The molecule has 3 heterocycles. The Morgan fingerprint density at radius 2 is 2.00 bits per heavy atom. The molecule has 5 nitrogen and oxygen atoms in total. The highest BCUT2D eigenvalue weighted by Gasteiger charge is 2.16. The van der Waals surface area contributed by atoms with Gasteiger partial charge in [0.2, 0.25) is 5.28 Å². The molecule has 0 bridgehead atoms. The molecule has 3 aromatic rings. The number of aryl methyl sites for hydroxylation is 2. The van der Waals surface area contributed by atoms with Crippen LogP contribution < -0.4 is 11.1 Å². The summed E-state index contributed by atoms with van der Waals surface area (Å²) in [7, 11) is 0. The number of fused-ring (bicyclic) bond motifs is 1. The van der Waals surface area contributed by atoms with Gasteiger partial charge in [-0.3, -0.25) is 0 Å². The van der Waals surface area contributed by atoms with E-state index in [-0.39, 0.29) is 36.1 Å². The number of hydrogen-bond donors (Lipinski definition) is 2. The Kier molecular flexibility index (Phi) is 7.96. The Bertz CT molecular complexity index is 847. The molecule has 0 radical (unpaired) electrons. The minimum atomic E-state index is 0. The number of nitrogens with zero attached hydrogens (tertiary/aromatic N) is 2. The number of hydrogen-bond acceptors (Lipinski definition) is 6. The normalized spacial score (nSPS) is 11.7. The maximum atomic E-state index is 6.09. The average Bonchev–Trinajstić information content (AvgIpc) is 3.02. The van der Waals surface area contributed by atoms with E-state index in [4.69, 9.17) is 21.8 Å². The van der Waals surface area contributed by atoms with Crippen LogP contribution in [0.3, 0.4) is 0 Å². The highest BCUT2D eigenvalue weighted by atomic mass is 35.5. The summed E-state index contributed by atoms with van der Waals surface area (Å²) in [6, 6.07) is 3.99. The zero-order valence-corrected chi connectivity index (χ0v) is 17.3. The van der Waals surface area contributed by atoms with Crippen molar-refractivity contribution in [2.45, 2.75) is 39.8 Å². The van der Waals surface area contributed by atoms with Crippen molar-refractivity contribution in [3.8, 4) is 0 Å². The second kappa shape index (κ2) is 9.05. The molecule has 3 rings (SSSR count). The lowest BCUT2D eigenvalue weighted by Crippen LogP contribution is -2.17. The molecule has 138 valence electrons. The van der Waals surface area contributed by atoms with E-state index < -0.39 is 0 Å². The van der Waals surface area contributed by atoms with Crippen LogP contribution in [0.5, 0.6) is 0 Å². The average molecular weight is 424 g/mol. The Morgan fingerprint density at radius 1 is 1.28 bits per heavy atom. The molecule has 1 atom stereocenters. The van der Waals surface area contributed by atoms with Crippen LogP contribution in [0.4, 0.5) is 5.82 Å². The predicted octanol–water partition coefficient (Wildman–Crippen LogP) is 4.90. The standard InChI is InChI=1S/C16H19ClN4OS.2ClH/c1-8(18)6-12-10(3)13-14(23-12)15(21-16(17)20-13)19-7-11-5-4-9(2)22-11;;/h4-5,8H,6-7,18H2,1-3H3,(H,19,20,21);2*1H/t8-;;/m0../s1. The maximum absolute atomic E-state index is 6.09. The first-order valence-corrected chi connectivity index (χ1v) is 8.63. The molecule has 0 spiro atoms. The minimum absolute atomic E-state index is 0. The van der Waals surface area contributed by atoms with Crippen LogP contribution in [-0.2, 0) is 13.0 Å². The second-order valence-corrected chi connectivity index (χ2v) is 7.16. The summed E-state index contributed by atoms with van der Waals surface area (Å²) in [5.74, 6) is 2.48. The van der Waals surface area contributed by atoms with Gasteiger partial charge in [0.1, 0.15) is 17.3 Å². The molecule has 3 aromatic heterocycles. The fourth-order valence-corrected chi connectivity index (χ4v) is 3.99. The van der Waals surface area contributed by atoms with Crippen LogP contribution in [0.25, 0.3) is 10.2 Å². The van der Waals surface area contributed by atoms with Crippen molar-refractivity contribution < 1.29 is 4.42 Å². The molecule has 25 heavy (non-hydrogen) atoms. The Morgan fingerprint density at radius 3 is 2.60 bits per heavy atom. The molecule has 0 saturated heterocycles. The van der Waals surface area contributed by atoms with Crippen molar-refractivity contribution in [3.05, 3.63) is 39.4 Å². The molecule has 3 N–H and O–H groups in total. The number of halogens is 3. The van der Waals surface area contributed by atoms with Gasteiger partial charge < -0.3 is 15.5 Å². The summed E-state index contributed by atoms with van der Waals surface area (Å²) in [4.78, 5) is 9.95. The van der Waals surface area contributed by atoms with Gasteiger partial charge in [0, 0.05) is 10.9 Å². The zero-order valence-electron chi connectivity index (χ0n) is 14.1. The summed E-state index contributed by atoms with van der Waals surface area (Å²) < 4.78 is 6.58. The van der Waals surface area contributed by atoms with E-state index in [1.807, 2.05) is 26.0 Å². The van der Waals surface area contributed by atoms with Gasteiger partial charge in [0.25, 0.3) is 0 Å². The van der Waals surface area contributed by atoms with E-state index >= 15 is 0 Å². The highest BCUT2D eigenvalue weighted by molar-refractivity contribution is 7.19. The van der Waals surface area contributed by atoms with Gasteiger partial charge in [-0.1, -0.05) is 0 Å². The van der Waals surface area contributed by atoms with Gasteiger partial charge in [-0.05, 0) is 56.5 Å². The van der Waals surface area contributed by atoms with Crippen molar-refractivity contribution in [2.24, 2.45) is 5.73 Å². The first-order valence-electron chi connectivity index (χ1n) is 7.44. The molecule has 0 aromatic carbocycles. The summed E-state index contributed by atoms with van der Waals surface area (Å²) in [6.45, 7) is 6.53. The van der Waals surface area contributed by atoms with Crippen LogP contribution in [0.15, 0.2) is 16.5 Å². The van der Waals surface area contributed by atoms with Crippen molar-refractivity contribution in [1.29, 1.82) is 0 Å². The number of nitrogens with one attached hydrogen (secondary N) is 1. The molecular formula is C16H21Cl3N4OS. The fraction of sp³-hybridized carbons (Fsp3) is 0.375. The number of rotatable bonds is 5. The third kappa shape index (κ3) is 4.99. The topological polar surface area (TPSA) is 77.0 Å². The fourth-order valence-electron chi connectivity index (χ4n) is 2.46. The lowest BCUT2D eigenvalue weighted by atomic mass is 10.1. The first-order chi connectivity index (χ1) is 10.9. The third-order valence-corrected chi connectivity index (χ3v) is 5.05. The monoisotopic (exact) mass is 422 g/mol. The van der Waals surface area contributed by atoms with E-state index in [0.29, 0.717) is 6.54 Å². The predicted molar refractivity (Wildman–Crippen MR) is 110 cm³/mol. The van der Waals surface area contributed by atoms with E-state index in [9.17, 15) is 0 Å². The summed E-state index contributed by atoms with van der Waals surface area (Å²) in [6.07, 6.45) is 0.821. The molecule has 0 saturated carbocycles. The van der Waals surface area contributed by atoms with E-state index in [1.165, 1.54) is 4.88 Å². The SMILES string of the molecule is Cc1ccc(CNc2nc(Cl)nc3c(C)c(C[C@H](C)N)sc23)o1.Cl.Cl. The van der Waals surface area contributed by atoms with Crippen molar-refractivity contribution in [2.75, 3.05) is 5.32 Å². The number of thiophene rings is 1.